The Hall–Kier alpha value is -1.06. The number of alkyl halides is 3. The summed E-state index contributed by atoms with van der Waals surface area (Å²) in [7, 11) is 0. The third-order valence-electron chi connectivity index (χ3n) is 2.21. The Balaban J connectivity index is 3.15. The van der Waals surface area contributed by atoms with Crippen molar-refractivity contribution in [3.63, 3.8) is 0 Å². The topological polar surface area (TPSA) is 92.3 Å². The molecule has 0 spiro atoms. The van der Waals surface area contributed by atoms with E-state index in [2.05, 4.69) is 22.6 Å². The summed E-state index contributed by atoms with van der Waals surface area (Å²) in [6.45, 7) is 0. The fraction of sp³-hybridized carbons (Fsp3) is 0.556. The predicted molar refractivity (Wildman–Crippen MR) is 60.9 cm³/mol. The van der Waals surface area contributed by atoms with Crippen LogP contribution in [0, 0.1) is 0 Å². The molecule has 0 aromatic carbocycles. The van der Waals surface area contributed by atoms with Gasteiger partial charge in [-0.3, -0.25) is 0 Å². The van der Waals surface area contributed by atoms with Gasteiger partial charge < -0.3 is 15.9 Å². The third-order valence-corrected chi connectivity index (χ3v) is 2.47. The van der Waals surface area contributed by atoms with Crippen molar-refractivity contribution in [2.75, 3.05) is 11.5 Å². The molecule has 1 aromatic rings. The van der Waals surface area contributed by atoms with Gasteiger partial charge in [0, 0.05) is 11.8 Å². The first-order chi connectivity index (χ1) is 8.27. The van der Waals surface area contributed by atoms with E-state index in [1.807, 2.05) is 0 Å². The molecule has 18 heavy (non-hydrogen) atoms. The highest BCUT2D eigenvalue weighted by Crippen LogP contribution is 2.34. The summed E-state index contributed by atoms with van der Waals surface area (Å²) in [4.78, 5) is 6.45. The molecule has 4 N–H and O–H groups in total. The fourth-order valence-electron chi connectivity index (χ4n) is 1.35. The van der Waals surface area contributed by atoms with Gasteiger partial charge in [-0.15, -0.1) is 0 Å². The Kier molecular flexibility index (Phi) is 4.77. The van der Waals surface area contributed by atoms with E-state index >= 15 is 0 Å². The predicted octanol–water partition coefficient (Wildman–Crippen LogP) is 0.792. The number of aliphatic hydroxyl groups excluding tert-OH is 2. The van der Waals surface area contributed by atoms with E-state index in [1.54, 1.807) is 0 Å². The Labute approximate surface area is 106 Å². The molecule has 2 atom stereocenters. The summed E-state index contributed by atoms with van der Waals surface area (Å²) < 4.78 is 38.1. The molecule has 102 valence electrons. The number of nitrogens with zero attached hydrogens (tertiary/aromatic N) is 2. The number of hydrogen-bond donors (Lipinski definition) is 4. The molecule has 0 radical (unpaired) electrons. The van der Waals surface area contributed by atoms with Crippen LogP contribution in [0.1, 0.15) is 23.8 Å². The number of hydrogen-bond acceptors (Lipinski definition) is 6. The lowest BCUT2D eigenvalue weighted by Gasteiger charge is -2.20. The van der Waals surface area contributed by atoms with Gasteiger partial charge in [-0.2, -0.15) is 25.8 Å². The van der Waals surface area contributed by atoms with Crippen molar-refractivity contribution in [3.05, 3.63) is 17.5 Å². The minimum atomic E-state index is -4.78. The van der Waals surface area contributed by atoms with Gasteiger partial charge in [0.15, 0.2) is 5.69 Å². The molecule has 0 fully saturated rings. The molecule has 0 saturated heterocycles. The number of rotatable bonds is 4. The fourth-order valence-corrected chi connectivity index (χ4v) is 1.61. The maximum absolute atomic E-state index is 12.7. The lowest BCUT2D eigenvalue weighted by Crippen LogP contribution is -2.24. The van der Waals surface area contributed by atoms with Crippen LogP contribution in [0.3, 0.4) is 0 Å². The molecular formula is C9H12F3N3O2S. The Morgan fingerprint density at radius 1 is 1.39 bits per heavy atom. The number of aromatic nitrogens is 2. The van der Waals surface area contributed by atoms with Gasteiger partial charge in [-0.05, 0) is 12.2 Å². The average molecular weight is 283 g/mol. The van der Waals surface area contributed by atoms with Crippen molar-refractivity contribution < 1.29 is 23.4 Å². The summed E-state index contributed by atoms with van der Waals surface area (Å²) in [5.41, 5.74) is 3.13. The van der Waals surface area contributed by atoms with Crippen molar-refractivity contribution in [2.24, 2.45) is 0 Å². The van der Waals surface area contributed by atoms with Gasteiger partial charge in [-0.1, -0.05) is 0 Å². The van der Waals surface area contributed by atoms with Crippen molar-refractivity contribution in [1.29, 1.82) is 0 Å². The summed E-state index contributed by atoms with van der Waals surface area (Å²) in [6.07, 6.45) is -7.11. The van der Waals surface area contributed by atoms with E-state index in [1.165, 1.54) is 0 Å². The second-order valence-electron chi connectivity index (χ2n) is 3.55. The minimum absolute atomic E-state index is 0.0337. The zero-order valence-electron chi connectivity index (χ0n) is 9.09. The average Bonchev–Trinajstić information content (AvgIpc) is 2.27. The standard InChI is InChI=1S/C9H12F3N3O2S/c10-9(11,12)7-4(3-14-8(13)15-7)6(17)5(16)1-2-18/h3,5-6,16-18H,1-2H2,(H2,13,14,15). The quantitative estimate of drug-likeness (QED) is 0.613. The van der Waals surface area contributed by atoms with E-state index in [0.717, 1.165) is 6.20 Å². The van der Waals surface area contributed by atoms with Crippen LogP contribution in [0.5, 0.6) is 0 Å². The van der Waals surface area contributed by atoms with E-state index < -0.39 is 35.6 Å². The number of thiol groups is 1. The molecule has 0 aliphatic heterocycles. The minimum Gasteiger partial charge on any atom is -0.390 e. The smallest absolute Gasteiger partial charge is 0.390 e. The van der Waals surface area contributed by atoms with Crippen LogP contribution in [-0.2, 0) is 6.18 Å². The monoisotopic (exact) mass is 283 g/mol. The lowest BCUT2D eigenvalue weighted by atomic mass is 10.0. The molecule has 0 bridgehead atoms. The second-order valence-corrected chi connectivity index (χ2v) is 4.00. The highest BCUT2D eigenvalue weighted by Gasteiger charge is 2.38. The normalized spacial score (nSPS) is 15.4. The van der Waals surface area contributed by atoms with E-state index in [-0.39, 0.29) is 12.2 Å². The largest absolute Gasteiger partial charge is 0.433 e. The highest BCUT2D eigenvalue weighted by atomic mass is 32.1. The molecule has 1 heterocycles. The molecule has 5 nitrogen and oxygen atoms in total. The first-order valence-electron chi connectivity index (χ1n) is 4.94. The first kappa shape index (κ1) is 15.0. The Bertz CT molecular complexity index is 417. The van der Waals surface area contributed by atoms with Crippen LogP contribution >= 0.6 is 12.6 Å². The van der Waals surface area contributed by atoms with Gasteiger partial charge in [0.05, 0.1) is 6.10 Å². The first-order valence-corrected chi connectivity index (χ1v) is 5.57. The maximum atomic E-state index is 12.7. The van der Waals surface area contributed by atoms with Crippen LogP contribution in [0.4, 0.5) is 19.1 Å². The number of nitrogens with two attached hydrogens (primary N) is 1. The molecule has 2 unspecified atom stereocenters. The molecule has 0 aliphatic rings. The van der Waals surface area contributed by atoms with Gasteiger partial charge in [0.1, 0.15) is 6.10 Å². The van der Waals surface area contributed by atoms with Crippen molar-refractivity contribution in [3.8, 4) is 0 Å². The van der Waals surface area contributed by atoms with Crippen LogP contribution in [0.2, 0.25) is 0 Å². The molecule has 0 saturated carbocycles. The number of halogens is 3. The zero-order valence-corrected chi connectivity index (χ0v) is 9.99. The van der Waals surface area contributed by atoms with Crippen LogP contribution in [-0.4, -0.2) is 32.0 Å². The van der Waals surface area contributed by atoms with Crippen molar-refractivity contribution in [1.82, 2.24) is 9.97 Å². The maximum Gasteiger partial charge on any atom is 0.433 e. The van der Waals surface area contributed by atoms with E-state index in [9.17, 15) is 23.4 Å². The molecular weight excluding hydrogens is 271 g/mol. The summed E-state index contributed by atoms with van der Waals surface area (Å²) in [5.74, 6) is -0.336. The highest BCUT2D eigenvalue weighted by molar-refractivity contribution is 7.80. The van der Waals surface area contributed by atoms with Crippen LogP contribution < -0.4 is 5.73 Å². The van der Waals surface area contributed by atoms with Gasteiger partial charge in [0.25, 0.3) is 0 Å². The van der Waals surface area contributed by atoms with Crippen LogP contribution in [0.25, 0.3) is 0 Å². The summed E-state index contributed by atoms with van der Waals surface area (Å²) in [6, 6.07) is 0. The molecule has 0 aliphatic carbocycles. The van der Waals surface area contributed by atoms with E-state index in [0.29, 0.717) is 0 Å². The van der Waals surface area contributed by atoms with Gasteiger partial charge in [0.2, 0.25) is 5.95 Å². The second kappa shape index (κ2) is 5.72. The Morgan fingerprint density at radius 3 is 2.50 bits per heavy atom. The van der Waals surface area contributed by atoms with Crippen molar-refractivity contribution in [2.45, 2.75) is 24.8 Å². The Morgan fingerprint density at radius 2 is 2.00 bits per heavy atom. The van der Waals surface area contributed by atoms with Gasteiger partial charge >= 0.3 is 6.18 Å². The molecule has 9 heteroatoms. The van der Waals surface area contributed by atoms with Gasteiger partial charge in [-0.25, -0.2) is 9.97 Å². The zero-order chi connectivity index (χ0) is 13.9. The summed E-state index contributed by atoms with van der Waals surface area (Å²) >= 11 is 3.82. The third kappa shape index (κ3) is 3.47. The lowest BCUT2D eigenvalue weighted by molar-refractivity contribution is -0.143. The van der Waals surface area contributed by atoms with E-state index in [4.69, 9.17) is 5.73 Å². The summed E-state index contributed by atoms with van der Waals surface area (Å²) in [5, 5.41) is 19.1. The number of anilines is 1. The number of nitrogen functional groups attached to an aromatic ring is 1. The molecule has 1 rings (SSSR count). The van der Waals surface area contributed by atoms with Crippen LogP contribution in [0.15, 0.2) is 6.20 Å². The SMILES string of the molecule is Nc1ncc(C(O)C(O)CCS)c(C(F)(F)F)n1. The molecule has 1 aromatic heterocycles. The number of aliphatic hydroxyl groups is 2. The van der Waals surface area contributed by atoms with Crippen molar-refractivity contribution >= 4 is 18.6 Å². The molecule has 0 amide bonds.